The average Bonchev–Trinajstić information content (AvgIpc) is 2.95. The van der Waals surface area contributed by atoms with E-state index in [2.05, 4.69) is 21.0 Å². The smallest absolute Gasteiger partial charge is 0.311 e. The molecule has 1 aromatic heterocycles. The predicted molar refractivity (Wildman–Crippen MR) is 85.4 cm³/mol. The van der Waals surface area contributed by atoms with E-state index in [-0.39, 0.29) is 34.8 Å². The highest BCUT2D eigenvalue weighted by atomic mass is 32.1. The number of benzene rings is 1. The van der Waals surface area contributed by atoms with Gasteiger partial charge in [0.1, 0.15) is 0 Å². The highest BCUT2D eigenvalue weighted by Crippen LogP contribution is 2.31. The molecule has 120 valence electrons. The fraction of sp³-hybridized carbons (Fsp3) is 0.214. The van der Waals surface area contributed by atoms with E-state index in [1.807, 2.05) is 0 Å². The molecule has 1 amide bonds. The molecular weight excluding hydrogens is 320 g/mol. The summed E-state index contributed by atoms with van der Waals surface area (Å²) in [5.74, 6) is -0.851. The van der Waals surface area contributed by atoms with Gasteiger partial charge in [-0.2, -0.15) is 0 Å². The molecule has 0 aliphatic carbocycles. The van der Waals surface area contributed by atoms with Crippen molar-refractivity contribution in [2.75, 3.05) is 12.0 Å². The summed E-state index contributed by atoms with van der Waals surface area (Å²) < 4.78 is 4.80. The first-order valence-electron chi connectivity index (χ1n) is 6.74. The Labute approximate surface area is 135 Å². The minimum absolute atomic E-state index is 0.0644. The van der Waals surface area contributed by atoms with Gasteiger partial charge in [-0.15, -0.1) is 4.91 Å². The molecule has 0 atom stereocenters. The van der Waals surface area contributed by atoms with Crippen molar-refractivity contribution in [2.45, 2.75) is 13.3 Å². The second-order valence-electron chi connectivity index (χ2n) is 4.29. The molecule has 0 spiro atoms. The zero-order valence-corrected chi connectivity index (χ0v) is 13.1. The second kappa shape index (κ2) is 7.99. The molecule has 2 aromatic rings. The molecule has 1 heterocycles. The number of hydrazine groups is 1. The molecule has 1 aromatic carbocycles. The number of nitrogens with zero attached hydrogens (tertiary/aromatic N) is 2. The number of hydrogen-bond acceptors (Lipinski definition) is 8. The summed E-state index contributed by atoms with van der Waals surface area (Å²) in [5.41, 5.74) is 5.74. The first-order valence-corrected chi connectivity index (χ1v) is 7.55. The van der Waals surface area contributed by atoms with Gasteiger partial charge < -0.3 is 4.74 Å². The molecule has 8 nitrogen and oxygen atoms in total. The monoisotopic (exact) mass is 334 g/mol. The molecule has 2 rings (SSSR count). The molecule has 23 heavy (non-hydrogen) atoms. The fourth-order valence-corrected chi connectivity index (χ4v) is 2.42. The number of nitrogens with one attached hydrogen (secondary N) is 2. The first-order chi connectivity index (χ1) is 11.1. The maximum Gasteiger partial charge on any atom is 0.311 e. The number of carbonyl (C=O) groups is 2. The third kappa shape index (κ3) is 4.58. The Morgan fingerprint density at radius 2 is 2.04 bits per heavy atom. The van der Waals surface area contributed by atoms with E-state index in [0.29, 0.717) is 5.56 Å². The Hall–Kier alpha value is -2.81. The van der Waals surface area contributed by atoms with Crippen LogP contribution in [0.25, 0.3) is 0 Å². The summed E-state index contributed by atoms with van der Waals surface area (Å²) in [6.45, 7) is 1.93. The molecule has 0 saturated heterocycles. The van der Waals surface area contributed by atoms with Crippen LogP contribution in [0.2, 0.25) is 0 Å². The summed E-state index contributed by atoms with van der Waals surface area (Å²) in [6.07, 6.45) is -0.153. The predicted octanol–water partition coefficient (Wildman–Crippen LogP) is 2.40. The van der Waals surface area contributed by atoms with E-state index in [9.17, 15) is 14.5 Å². The van der Waals surface area contributed by atoms with E-state index in [1.54, 1.807) is 37.3 Å². The quantitative estimate of drug-likeness (QED) is 0.457. The number of ether oxygens (including phenoxy) is 1. The van der Waals surface area contributed by atoms with Crippen molar-refractivity contribution in [2.24, 2.45) is 5.18 Å². The molecular formula is C14H14N4O4S. The van der Waals surface area contributed by atoms with E-state index >= 15 is 0 Å². The summed E-state index contributed by atoms with van der Waals surface area (Å²) in [4.78, 5) is 38.2. The molecule has 0 bridgehead atoms. The van der Waals surface area contributed by atoms with Crippen LogP contribution in [0.1, 0.15) is 23.0 Å². The van der Waals surface area contributed by atoms with Gasteiger partial charge in [-0.1, -0.05) is 29.5 Å². The molecule has 0 aliphatic heterocycles. The standard InChI is InChI=1S/C14H14N4O4S/c1-2-22-11(19)8-10-13(18-21)23-14(15-10)17-16-12(20)9-6-4-3-5-7-9/h3-7H,2,8H2,1H3,(H,15,17)(H,16,20). The van der Waals surface area contributed by atoms with Gasteiger partial charge in [0.2, 0.25) is 5.13 Å². The lowest BCUT2D eigenvalue weighted by Gasteiger charge is -2.04. The van der Waals surface area contributed by atoms with Crippen LogP contribution in [-0.2, 0) is 16.0 Å². The highest BCUT2D eigenvalue weighted by molar-refractivity contribution is 7.19. The van der Waals surface area contributed by atoms with Gasteiger partial charge in [-0.05, 0) is 24.2 Å². The number of thiazole rings is 1. The van der Waals surface area contributed by atoms with Crippen molar-refractivity contribution in [3.8, 4) is 0 Å². The number of amides is 1. The normalized spacial score (nSPS) is 9.96. The molecule has 0 radical (unpaired) electrons. The Morgan fingerprint density at radius 1 is 1.30 bits per heavy atom. The van der Waals surface area contributed by atoms with E-state index in [0.717, 1.165) is 11.3 Å². The van der Waals surface area contributed by atoms with Gasteiger partial charge >= 0.3 is 5.97 Å². The van der Waals surface area contributed by atoms with Crippen LogP contribution in [0.5, 0.6) is 0 Å². The highest BCUT2D eigenvalue weighted by Gasteiger charge is 2.16. The molecule has 9 heteroatoms. The van der Waals surface area contributed by atoms with Crippen molar-refractivity contribution < 1.29 is 14.3 Å². The van der Waals surface area contributed by atoms with Gasteiger partial charge in [-0.3, -0.25) is 20.4 Å². The van der Waals surface area contributed by atoms with Crippen LogP contribution in [-0.4, -0.2) is 23.5 Å². The van der Waals surface area contributed by atoms with E-state index in [4.69, 9.17) is 4.74 Å². The number of esters is 1. The molecule has 2 N–H and O–H groups in total. The van der Waals surface area contributed by atoms with Crippen LogP contribution in [0.3, 0.4) is 0 Å². The summed E-state index contributed by atoms with van der Waals surface area (Å²) in [7, 11) is 0. The topological polar surface area (TPSA) is 110 Å². The number of rotatable bonds is 7. The largest absolute Gasteiger partial charge is 0.466 e. The van der Waals surface area contributed by atoms with Crippen LogP contribution >= 0.6 is 11.3 Å². The van der Waals surface area contributed by atoms with E-state index in [1.165, 1.54) is 0 Å². The van der Waals surface area contributed by atoms with Gasteiger partial charge in [-0.25, -0.2) is 4.98 Å². The van der Waals surface area contributed by atoms with Crippen molar-refractivity contribution in [1.82, 2.24) is 10.4 Å². The summed E-state index contributed by atoms with van der Waals surface area (Å²) in [5, 5.41) is 3.15. The average molecular weight is 334 g/mol. The Bertz CT molecular complexity index is 702. The Kier molecular flexibility index (Phi) is 5.75. The number of nitroso groups, excluding NO2 is 1. The Morgan fingerprint density at radius 3 is 2.70 bits per heavy atom. The minimum atomic E-state index is -0.498. The number of aromatic nitrogens is 1. The van der Waals surface area contributed by atoms with Gasteiger partial charge in [0.05, 0.1) is 18.7 Å². The fourth-order valence-electron chi connectivity index (χ4n) is 1.70. The van der Waals surface area contributed by atoms with Crippen molar-refractivity contribution in [3.05, 3.63) is 46.5 Å². The number of hydrogen-bond donors (Lipinski definition) is 2. The number of carbonyl (C=O) groups excluding carboxylic acids is 2. The molecule has 0 fully saturated rings. The van der Waals surface area contributed by atoms with Crippen molar-refractivity contribution in [3.63, 3.8) is 0 Å². The van der Waals surface area contributed by atoms with Gasteiger partial charge in [0.15, 0.2) is 5.00 Å². The number of anilines is 1. The molecule has 0 unspecified atom stereocenters. The van der Waals surface area contributed by atoms with Crippen LogP contribution in [0, 0.1) is 4.91 Å². The SMILES string of the molecule is CCOC(=O)Cc1nc(NNC(=O)c2ccccc2)sc1N=O. The lowest BCUT2D eigenvalue weighted by molar-refractivity contribution is -0.142. The maximum absolute atomic E-state index is 11.9. The third-order valence-corrected chi connectivity index (χ3v) is 3.59. The van der Waals surface area contributed by atoms with Crippen LogP contribution in [0.15, 0.2) is 35.5 Å². The van der Waals surface area contributed by atoms with E-state index < -0.39 is 5.97 Å². The summed E-state index contributed by atoms with van der Waals surface area (Å²) in [6, 6.07) is 8.59. The Balaban J connectivity index is 2.00. The van der Waals surface area contributed by atoms with Gasteiger partial charge in [0.25, 0.3) is 5.91 Å². The maximum atomic E-state index is 11.9. The zero-order chi connectivity index (χ0) is 16.7. The summed E-state index contributed by atoms with van der Waals surface area (Å²) >= 11 is 0.933. The van der Waals surface area contributed by atoms with Crippen LogP contribution < -0.4 is 10.9 Å². The van der Waals surface area contributed by atoms with Crippen molar-refractivity contribution in [1.29, 1.82) is 0 Å². The second-order valence-corrected chi connectivity index (χ2v) is 5.27. The third-order valence-electron chi connectivity index (χ3n) is 2.70. The molecule has 0 aliphatic rings. The minimum Gasteiger partial charge on any atom is -0.466 e. The molecule has 0 saturated carbocycles. The van der Waals surface area contributed by atoms with Crippen LogP contribution in [0.4, 0.5) is 10.1 Å². The first kappa shape index (κ1) is 16.6. The lowest BCUT2D eigenvalue weighted by atomic mass is 10.2. The van der Waals surface area contributed by atoms with Gasteiger partial charge in [0, 0.05) is 5.56 Å². The zero-order valence-electron chi connectivity index (χ0n) is 12.2. The lowest BCUT2D eigenvalue weighted by Crippen LogP contribution is -2.29. The van der Waals surface area contributed by atoms with Crippen molar-refractivity contribution >= 4 is 33.3 Å².